The highest BCUT2D eigenvalue weighted by molar-refractivity contribution is 6.04. The molecule has 7 nitrogen and oxygen atoms in total. The van der Waals surface area contributed by atoms with Gasteiger partial charge in [0.15, 0.2) is 5.78 Å². The average molecular weight is 492 g/mol. The molecule has 36 heavy (non-hydrogen) atoms. The zero-order valence-corrected chi connectivity index (χ0v) is 21.3. The summed E-state index contributed by atoms with van der Waals surface area (Å²) < 4.78 is 22.0. The molecular weight excluding hydrogens is 458 g/mol. The third-order valence-corrected chi connectivity index (χ3v) is 6.74. The zero-order chi connectivity index (χ0) is 25.7. The Balaban J connectivity index is 1.78. The van der Waals surface area contributed by atoms with Gasteiger partial charge in [-0.2, -0.15) is 0 Å². The minimum Gasteiger partial charge on any atom is -0.497 e. The van der Waals surface area contributed by atoms with Crippen LogP contribution >= 0.6 is 0 Å². The Kier molecular flexibility index (Phi) is 8.10. The third kappa shape index (κ3) is 5.16. The first kappa shape index (κ1) is 25.5. The summed E-state index contributed by atoms with van der Waals surface area (Å²) in [6.45, 7) is 4.72. The summed E-state index contributed by atoms with van der Waals surface area (Å²) in [5, 5.41) is 3.38. The Morgan fingerprint density at radius 2 is 1.81 bits per heavy atom. The van der Waals surface area contributed by atoms with Crippen molar-refractivity contribution in [3.8, 4) is 11.5 Å². The zero-order valence-electron chi connectivity index (χ0n) is 21.3. The van der Waals surface area contributed by atoms with Crippen molar-refractivity contribution in [3.63, 3.8) is 0 Å². The topological polar surface area (TPSA) is 83.1 Å². The molecule has 2 atom stereocenters. The molecule has 2 aromatic carbocycles. The molecule has 0 aromatic heterocycles. The summed E-state index contributed by atoms with van der Waals surface area (Å²) in [6, 6.07) is 15.5. The molecule has 7 heteroatoms. The van der Waals surface area contributed by atoms with Crippen LogP contribution in [0.2, 0.25) is 0 Å². The molecular formula is C29H33NO6. The Morgan fingerprint density at radius 1 is 1.03 bits per heavy atom. The van der Waals surface area contributed by atoms with E-state index >= 15 is 0 Å². The van der Waals surface area contributed by atoms with Crippen LogP contribution in [0.25, 0.3) is 0 Å². The maximum Gasteiger partial charge on any atom is 0.336 e. The molecule has 0 radical (unpaired) electrons. The van der Waals surface area contributed by atoms with Gasteiger partial charge in [0.25, 0.3) is 0 Å². The van der Waals surface area contributed by atoms with E-state index in [4.69, 9.17) is 18.9 Å². The maximum atomic E-state index is 13.7. The van der Waals surface area contributed by atoms with Gasteiger partial charge in [0, 0.05) is 41.6 Å². The van der Waals surface area contributed by atoms with Crippen LogP contribution < -0.4 is 14.8 Å². The fourth-order valence-corrected chi connectivity index (χ4v) is 5.05. The molecule has 0 amide bonds. The van der Waals surface area contributed by atoms with E-state index < -0.39 is 11.9 Å². The lowest BCUT2D eigenvalue weighted by Gasteiger charge is -2.37. The monoisotopic (exact) mass is 491 g/mol. The molecule has 0 bridgehead atoms. The predicted molar refractivity (Wildman–Crippen MR) is 136 cm³/mol. The normalized spacial score (nSPS) is 19.5. The minimum absolute atomic E-state index is 0.00703. The van der Waals surface area contributed by atoms with Gasteiger partial charge in [-0.1, -0.05) is 36.4 Å². The molecule has 0 unspecified atom stereocenters. The number of allylic oxidation sites excluding steroid dienone is 3. The van der Waals surface area contributed by atoms with Crippen LogP contribution in [0.15, 0.2) is 71.1 Å². The van der Waals surface area contributed by atoms with Crippen LogP contribution in [0.3, 0.4) is 0 Å². The van der Waals surface area contributed by atoms with E-state index in [9.17, 15) is 9.59 Å². The van der Waals surface area contributed by atoms with E-state index in [2.05, 4.69) is 17.4 Å². The molecule has 1 heterocycles. The molecule has 190 valence electrons. The number of ether oxygens (including phenoxy) is 4. The summed E-state index contributed by atoms with van der Waals surface area (Å²) in [5.74, 6) is 0.138. The van der Waals surface area contributed by atoms with Gasteiger partial charge >= 0.3 is 5.97 Å². The van der Waals surface area contributed by atoms with Gasteiger partial charge in [-0.05, 0) is 37.8 Å². The Labute approximate surface area is 212 Å². The van der Waals surface area contributed by atoms with Gasteiger partial charge in [0.1, 0.15) is 18.1 Å². The Bertz CT molecular complexity index is 1180. The number of ketones is 1. The number of esters is 1. The van der Waals surface area contributed by atoms with Crippen LogP contribution in [-0.4, -0.2) is 45.8 Å². The molecule has 2 aliphatic rings. The molecule has 0 fully saturated rings. The van der Waals surface area contributed by atoms with E-state index in [1.54, 1.807) is 20.3 Å². The summed E-state index contributed by atoms with van der Waals surface area (Å²) in [4.78, 5) is 27.1. The van der Waals surface area contributed by atoms with Crippen molar-refractivity contribution in [3.05, 3.63) is 82.2 Å². The van der Waals surface area contributed by atoms with Gasteiger partial charge in [-0.15, -0.1) is 0 Å². The summed E-state index contributed by atoms with van der Waals surface area (Å²) >= 11 is 0. The number of nitrogens with one attached hydrogen (secondary N) is 1. The largest absolute Gasteiger partial charge is 0.497 e. The molecule has 0 saturated carbocycles. The van der Waals surface area contributed by atoms with E-state index in [0.29, 0.717) is 54.4 Å². The highest BCUT2D eigenvalue weighted by Crippen LogP contribution is 2.48. The maximum absolute atomic E-state index is 13.7. The van der Waals surface area contributed by atoms with Crippen LogP contribution in [0.4, 0.5) is 0 Å². The smallest absolute Gasteiger partial charge is 0.336 e. The van der Waals surface area contributed by atoms with Crippen molar-refractivity contribution in [1.82, 2.24) is 5.32 Å². The number of hydrogen-bond donors (Lipinski definition) is 1. The van der Waals surface area contributed by atoms with Gasteiger partial charge in [-0.25, -0.2) is 4.79 Å². The SMILES string of the molecule is CCOCCOC(=O)C1=C(C)NC2=C(C(=O)C[C@H](c3ccccc3)C2)[C@@H]1c1ccc(OC)cc1OC. The summed E-state index contributed by atoms with van der Waals surface area (Å²) in [5.41, 5.74) is 4.34. The number of carbonyl (C=O) groups is 2. The molecule has 1 aliphatic carbocycles. The number of rotatable bonds is 9. The standard InChI is InChI=1S/C29H33NO6/c1-5-35-13-14-36-29(32)26-18(2)30-23-15-20(19-9-7-6-8-10-19)16-24(31)28(23)27(26)22-12-11-21(33-3)17-25(22)34-4/h6-12,17,20,27,30H,5,13-16H2,1-4H3/t20-,27-/m1/s1. The van der Waals surface area contributed by atoms with Gasteiger partial charge in [-0.3, -0.25) is 4.79 Å². The number of methoxy groups -OCH3 is 2. The second kappa shape index (κ2) is 11.4. The molecule has 0 saturated heterocycles. The average Bonchev–Trinajstić information content (AvgIpc) is 2.90. The first-order chi connectivity index (χ1) is 17.5. The number of Topliss-reactive ketones (excluding diaryl/α,β-unsaturated/α-hetero) is 1. The van der Waals surface area contributed by atoms with Crippen molar-refractivity contribution in [2.24, 2.45) is 0 Å². The fraction of sp³-hybridized carbons (Fsp3) is 0.379. The van der Waals surface area contributed by atoms with E-state index in [0.717, 1.165) is 16.8 Å². The van der Waals surface area contributed by atoms with Crippen LogP contribution in [0.5, 0.6) is 11.5 Å². The lowest BCUT2D eigenvalue weighted by atomic mass is 9.71. The molecule has 2 aromatic rings. The van der Waals surface area contributed by atoms with E-state index in [1.807, 2.05) is 44.2 Å². The van der Waals surface area contributed by atoms with E-state index in [-0.39, 0.29) is 18.3 Å². The Morgan fingerprint density at radius 3 is 2.50 bits per heavy atom. The predicted octanol–water partition coefficient (Wildman–Crippen LogP) is 4.65. The Hall–Kier alpha value is -3.58. The lowest BCUT2D eigenvalue weighted by molar-refractivity contribution is -0.140. The van der Waals surface area contributed by atoms with Gasteiger partial charge in [0.05, 0.1) is 32.3 Å². The summed E-state index contributed by atoms with van der Waals surface area (Å²) in [6.07, 6.45) is 1.04. The first-order valence-electron chi connectivity index (χ1n) is 12.2. The number of hydrogen-bond acceptors (Lipinski definition) is 7. The third-order valence-electron chi connectivity index (χ3n) is 6.74. The van der Waals surface area contributed by atoms with Crippen LogP contribution in [0.1, 0.15) is 49.7 Å². The first-order valence-corrected chi connectivity index (χ1v) is 12.2. The highest BCUT2D eigenvalue weighted by atomic mass is 16.6. The van der Waals surface area contributed by atoms with E-state index in [1.165, 1.54) is 0 Å². The van der Waals surface area contributed by atoms with Crippen LogP contribution in [0, 0.1) is 0 Å². The lowest BCUT2D eigenvalue weighted by Crippen LogP contribution is -2.36. The van der Waals surface area contributed by atoms with Crippen molar-refractivity contribution >= 4 is 11.8 Å². The van der Waals surface area contributed by atoms with Crippen molar-refractivity contribution < 1.29 is 28.5 Å². The number of carbonyl (C=O) groups excluding carboxylic acids is 2. The quantitative estimate of drug-likeness (QED) is 0.404. The van der Waals surface area contributed by atoms with Crippen molar-refractivity contribution in [2.45, 2.75) is 38.5 Å². The molecule has 1 aliphatic heterocycles. The number of dihydropyridines is 1. The van der Waals surface area contributed by atoms with Crippen molar-refractivity contribution in [2.75, 3.05) is 34.0 Å². The molecule has 0 spiro atoms. The highest BCUT2D eigenvalue weighted by Gasteiger charge is 2.42. The fourth-order valence-electron chi connectivity index (χ4n) is 5.05. The number of benzene rings is 2. The van der Waals surface area contributed by atoms with Crippen molar-refractivity contribution in [1.29, 1.82) is 0 Å². The molecule has 4 rings (SSSR count). The van der Waals surface area contributed by atoms with Crippen LogP contribution in [-0.2, 0) is 19.1 Å². The van der Waals surface area contributed by atoms with Gasteiger partial charge in [0.2, 0.25) is 0 Å². The minimum atomic E-state index is -0.620. The molecule has 1 N–H and O–H groups in total. The van der Waals surface area contributed by atoms with Gasteiger partial charge < -0.3 is 24.3 Å². The second-order valence-corrected chi connectivity index (χ2v) is 8.87. The second-order valence-electron chi connectivity index (χ2n) is 8.87. The summed E-state index contributed by atoms with van der Waals surface area (Å²) in [7, 11) is 3.15.